The number of hydrogen-bond donors (Lipinski definition) is 1. The molecule has 5 heteroatoms. The Labute approximate surface area is 114 Å². The Kier molecular flexibility index (Phi) is 4.86. The summed E-state index contributed by atoms with van der Waals surface area (Å²) >= 11 is 5.13. The van der Waals surface area contributed by atoms with Crippen molar-refractivity contribution < 1.29 is 4.79 Å². The molecule has 0 aliphatic carbocycles. The van der Waals surface area contributed by atoms with Crippen molar-refractivity contribution in [2.45, 2.75) is 32.2 Å². The molecule has 0 aromatic carbocycles. The largest absolute Gasteiger partial charge is 0.333 e. The van der Waals surface area contributed by atoms with Crippen LogP contribution in [0.1, 0.15) is 30.6 Å². The highest BCUT2D eigenvalue weighted by Gasteiger charge is 2.15. The molecule has 0 unspecified atom stereocenters. The van der Waals surface area contributed by atoms with E-state index >= 15 is 0 Å². The van der Waals surface area contributed by atoms with Gasteiger partial charge in [0.05, 0.1) is 6.54 Å². The van der Waals surface area contributed by atoms with Crippen molar-refractivity contribution in [1.82, 2.24) is 10.2 Å². The van der Waals surface area contributed by atoms with Gasteiger partial charge in [-0.15, -0.1) is 11.3 Å². The van der Waals surface area contributed by atoms with Crippen LogP contribution in [-0.4, -0.2) is 24.0 Å². The lowest BCUT2D eigenvalue weighted by Gasteiger charge is -2.20. The number of nitrogens with zero attached hydrogens (tertiary/aromatic N) is 1. The minimum absolute atomic E-state index is 0.0761. The molecule has 1 fully saturated rings. The average molecular weight is 317 g/mol. The van der Waals surface area contributed by atoms with Crippen LogP contribution in [-0.2, 0) is 6.54 Å². The molecule has 1 aliphatic rings. The van der Waals surface area contributed by atoms with Gasteiger partial charge in [0.25, 0.3) is 0 Å². The summed E-state index contributed by atoms with van der Waals surface area (Å²) in [6.07, 6.45) is 4.77. The molecule has 3 nitrogen and oxygen atoms in total. The molecule has 0 spiro atoms. The summed E-state index contributed by atoms with van der Waals surface area (Å²) in [4.78, 5) is 15.1. The van der Waals surface area contributed by atoms with Crippen LogP contribution in [0.3, 0.4) is 0 Å². The second-order valence-electron chi connectivity index (χ2n) is 4.25. The number of likely N-dealkylation sites (tertiary alicyclic amines) is 1. The molecule has 1 aromatic heterocycles. The van der Waals surface area contributed by atoms with Crippen molar-refractivity contribution in [2.24, 2.45) is 0 Å². The van der Waals surface area contributed by atoms with Gasteiger partial charge in [0.15, 0.2) is 0 Å². The van der Waals surface area contributed by atoms with E-state index in [2.05, 4.69) is 21.2 Å². The van der Waals surface area contributed by atoms with Crippen molar-refractivity contribution >= 4 is 33.3 Å². The molecule has 0 radical (unpaired) electrons. The fourth-order valence-electron chi connectivity index (χ4n) is 1.99. The van der Waals surface area contributed by atoms with E-state index in [1.54, 1.807) is 11.3 Å². The molecule has 1 N–H and O–H groups in total. The highest BCUT2D eigenvalue weighted by Crippen LogP contribution is 2.22. The van der Waals surface area contributed by atoms with Crippen LogP contribution >= 0.6 is 27.3 Å². The maximum absolute atomic E-state index is 12.0. The molecule has 0 atom stereocenters. The first-order valence-electron chi connectivity index (χ1n) is 6.02. The predicted molar refractivity (Wildman–Crippen MR) is 74.3 cm³/mol. The molecule has 2 heterocycles. The Morgan fingerprint density at radius 1 is 1.35 bits per heavy atom. The number of carbonyl (C=O) groups is 1. The van der Waals surface area contributed by atoms with Crippen LogP contribution in [0.15, 0.2) is 15.9 Å². The Bertz CT molecular complexity index is 372. The monoisotopic (exact) mass is 316 g/mol. The number of rotatable bonds is 2. The average Bonchev–Trinajstić information content (AvgIpc) is 2.58. The van der Waals surface area contributed by atoms with Gasteiger partial charge in [-0.3, -0.25) is 0 Å². The van der Waals surface area contributed by atoms with Gasteiger partial charge in [0, 0.05) is 22.4 Å². The van der Waals surface area contributed by atoms with E-state index in [0.29, 0.717) is 6.54 Å². The number of hydrogen-bond acceptors (Lipinski definition) is 2. The van der Waals surface area contributed by atoms with E-state index in [1.165, 1.54) is 17.7 Å². The normalized spacial score (nSPS) is 16.6. The fraction of sp³-hybridized carbons (Fsp3) is 0.583. The Balaban J connectivity index is 1.82. The number of halogens is 1. The summed E-state index contributed by atoms with van der Waals surface area (Å²) in [5, 5.41) is 5.02. The van der Waals surface area contributed by atoms with Crippen molar-refractivity contribution in [1.29, 1.82) is 0 Å². The van der Waals surface area contributed by atoms with Gasteiger partial charge >= 0.3 is 6.03 Å². The standard InChI is InChI=1S/C12H17BrN2OS/c13-10-5-8-17-11(10)9-14-12(16)15-6-3-1-2-4-7-15/h5,8H,1-4,6-7,9H2,(H,14,16). The SMILES string of the molecule is O=C(NCc1sccc1Br)N1CCCCCC1. The molecule has 2 rings (SSSR count). The topological polar surface area (TPSA) is 32.3 Å². The van der Waals surface area contributed by atoms with Crippen molar-refractivity contribution in [2.75, 3.05) is 13.1 Å². The van der Waals surface area contributed by atoms with Gasteiger partial charge in [-0.05, 0) is 40.2 Å². The summed E-state index contributed by atoms with van der Waals surface area (Å²) in [7, 11) is 0. The van der Waals surface area contributed by atoms with Crippen LogP contribution in [0.25, 0.3) is 0 Å². The molecule has 0 bridgehead atoms. The van der Waals surface area contributed by atoms with Gasteiger partial charge < -0.3 is 10.2 Å². The fourth-order valence-corrected chi connectivity index (χ4v) is 3.42. The molecule has 94 valence electrons. The molecule has 1 aromatic rings. The zero-order valence-electron chi connectivity index (χ0n) is 9.75. The quantitative estimate of drug-likeness (QED) is 0.888. The third kappa shape index (κ3) is 3.71. The van der Waals surface area contributed by atoms with E-state index in [9.17, 15) is 4.79 Å². The van der Waals surface area contributed by atoms with E-state index in [-0.39, 0.29) is 6.03 Å². The number of amides is 2. The Hall–Kier alpha value is -0.550. The first kappa shape index (κ1) is 12.9. The van der Waals surface area contributed by atoms with Gasteiger partial charge in [-0.25, -0.2) is 4.79 Å². The molecular formula is C12H17BrN2OS. The van der Waals surface area contributed by atoms with Crippen molar-refractivity contribution in [3.8, 4) is 0 Å². The van der Waals surface area contributed by atoms with Gasteiger partial charge in [-0.1, -0.05) is 12.8 Å². The zero-order valence-corrected chi connectivity index (χ0v) is 12.1. The number of thiophene rings is 1. The summed E-state index contributed by atoms with van der Waals surface area (Å²) in [5.41, 5.74) is 0. The molecule has 1 aliphatic heterocycles. The Morgan fingerprint density at radius 3 is 2.65 bits per heavy atom. The van der Waals surface area contributed by atoms with Crippen LogP contribution < -0.4 is 5.32 Å². The Morgan fingerprint density at radius 2 is 2.06 bits per heavy atom. The number of nitrogens with one attached hydrogen (secondary N) is 1. The molecular weight excluding hydrogens is 300 g/mol. The van der Waals surface area contributed by atoms with Crippen molar-refractivity contribution in [3.63, 3.8) is 0 Å². The number of urea groups is 1. The maximum atomic E-state index is 12.0. The molecule has 1 saturated heterocycles. The first-order valence-corrected chi connectivity index (χ1v) is 7.69. The second kappa shape index (κ2) is 6.40. The maximum Gasteiger partial charge on any atom is 0.317 e. The summed E-state index contributed by atoms with van der Waals surface area (Å²) in [6.45, 7) is 2.42. The van der Waals surface area contributed by atoms with Gasteiger partial charge in [0.2, 0.25) is 0 Å². The third-order valence-electron chi connectivity index (χ3n) is 2.98. The summed E-state index contributed by atoms with van der Waals surface area (Å²) < 4.78 is 1.08. The van der Waals surface area contributed by atoms with Crippen LogP contribution in [0.4, 0.5) is 4.79 Å². The lowest BCUT2D eigenvalue weighted by Crippen LogP contribution is -2.40. The minimum atomic E-state index is 0.0761. The number of carbonyl (C=O) groups excluding carboxylic acids is 1. The van der Waals surface area contributed by atoms with E-state index in [0.717, 1.165) is 30.4 Å². The smallest absolute Gasteiger partial charge is 0.317 e. The molecule has 2 amide bonds. The minimum Gasteiger partial charge on any atom is -0.333 e. The van der Waals surface area contributed by atoms with Gasteiger partial charge in [-0.2, -0.15) is 0 Å². The summed E-state index contributed by atoms with van der Waals surface area (Å²) in [5.74, 6) is 0. The van der Waals surface area contributed by atoms with Crippen molar-refractivity contribution in [3.05, 3.63) is 20.8 Å². The van der Waals surface area contributed by atoms with Crippen LogP contribution in [0.2, 0.25) is 0 Å². The third-order valence-corrected chi connectivity index (χ3v) is 4.91. The first-order chi connectivity index (χ1) is 8.27. The predicted octanol–water partition coefficient (Wildman–Crippen LogP) is 3.60. The zero-order chi connectivity index (χ0) is 12.1. The second-order valence-corrected chi connectivity index (χ2v) is 6.11. The van der Waals surface area contributed by atoms with E-state index in [4.69, 9.17) is 0 Å². The lowest BCUT2D eigenvalue weighted by atomic mass is 10.2. The van der Waals surface area contributed by atoms with Crippen LogP contribution in [0.5, 0.6) is 0 Å². The molecule has 0 saturated carbocycles. The highest BCUT2D eigenvalue weighted by molar-refractivity contribution is 9.10. The van der Waals surface area contributed by atoms with Crippen LogP contribution in [0, 0.1) is 0 Å². The van der Waals surface area contributed by atoms with E-state index in [1.807, 2.05) is 16.3 Å². The highest BCUT2D eigenvalue weighted by atomic mass is 79.9. The molecule has 17 heavy (non-hydrogen) atoms. The van der Waals surface area contributed by atoms with Gasteiger partial charge in [0.1, 0.15) is 0 Å². The lowest BCUT2D eigenvalue weighted by molar-refractivity contribution is 0.199. The summed E-state index contributed by atoms with van der Waals surface area (Å²) in [6, 6.07) is 2.09. The van der Waals surface area contributed by atoms with E-state index < -0.39 is 0 Å².